The van der Waals surface area contributed by atoms with Crippen molar-refractivity contribution in [1.29, 1.82) is 0 Å². The highest BCUT2D eigenvalue weighted by atomic mass is 32.2. The molecule has 0 spiro atoms. The van der Waals surface area contributed by atoms with Gasteiger partial charge in [0.05, 0.1) is 0 Å². The largest absolute Gasteiger partial charge is 0.305 e. The lowest BCUT2D eigenvalue weighted by Gasteiger charge is -2.07. The average molecular weight is 341 g/mol. The number of nitrogens with zero attached hydrogens (tertiary/aromatic N) is 3. The summed E-state index contributed by atoms with van der Waals surface area (Å²) in [5, 5.41) is 9.34. The molecule has 0 atom stereocenters. The van der Waals surface area contributed by atoms with Gasteiger partial charge in [0, 0.05) is 18.4 Å². The summed E-state index contributed by atoms with van der Waals surface area (Å²) in [5.41, 5.74) is 3.47. The van der Waals surface area contributed by atoms with E-state index in [0.29, 0.717) is 5.92 Å². The normalized spacial score (nSPS) is 11.2. The monoisotopic (exact) mass is 341 g/mol. The standard InChI is InChI=1S/C19H20FN3S/c1-13(2)15-6-4-14(5-7-15)12-24-19-22-21-18(23(19)3)16-8-10-17(20)11-9-16/h4-11,13H,12H2,1-3H3. The van der Waals surface area contributed by atoms with E-state index in [1.54, 1.807) is 23.9 Å². The van der Waals surface area contributed by atoms with Crippen molar-refractivity contribution in [2.75, 3.05) is 0 Å². The van der Waals surface area contributed by atoms with Gasteiger partial charge in [-0.25, -0.2) is 4.39 Å². The van der Waals surface area contributed by atoms with Crippen LogP contribution in [0, 0.1) is 5.82 Å². The van der Waals surface area contributed by atoms with Crippen LogP contribution >= 0.6 is 11.8 Å². The topological polar surface area (TPSA) is 30.7 Å². The third-order valence-electron chi connectivity index (χ3n) is 3.95. The Morgan fingerprint density at radius 1 is 1.00 bits per heavy atom. The summed E-state index contributed by atoms with van der Waals surface area (Å²) in [6.07, 6.45) is 0. The highest BCUT2D eigenvalue weighted by Crippen LogP contribution is 2.26. The Labute approximate surface area is 145 Å². The Bertz CT molecular complexity index is 808. The summed E-state index contributed by atoms with van der Waals surface area (Å²) in [4.78, 5) is 0. The summed E-state index contributed by atoms with van der Waals surface area (Å²) in [6.45, 7) is 4.39. The zero-order chi connectivity index (χ0) is 17.1. The van der Waals surface area contributed by atoms with Gasteiger partial charge in [-0.15, -0.1) is 10.2 Å². The first kappa shape index (κ1) is 16.7. The maximum Gasteiger partial charge on any atom is 0.191 e. The molecular weight excluding hydrogens is 321 g/mol. The Balaban J connectivity index is 1.71. The first-order valence-corrected chi connectivity index (χ1v) is 8.90. The van der Waals surface area contributed by atoms with Crippen LogP contribution in [0.3, 0.4) is 0 Å². The third kappa shape index (κ3) is 3.67. The predicted octanol–water partition coefficient (Wildman–Crippen LogP) is 5.04. The quantitative estimate of drug-likeness (QED) is 0.609. The molecule has 124 valence electrons. The van der Waals surface area contributed by atoms with Gasteiger partial charge in [0.15, 0.2) is 11.0 Å². The van der Waals surface area contributed by atoms with Crippen molar-refractivity contribution in [3.05, 3.63) is 65.5 Å². The SMILES string of the molecule is CC(C)c1ccc(CSc2nnc(-c3ccc(F)cc3)n2C)cc1. The first-order valence-electron chi connectivity index (χ1n) is 7.91. The molecule has 3 rings (SSSR count). The number of halogens is 1. The second-order valence-electron chi connectivity index (χ2n) is 6.06. The molecule has 2 aromatic carbocycles. The van der Waals surface area contributed by atoms with Crippen molar-refractivity contribution < 1.29 is 4.39 Å². The Hall–Kier alpha value is -2.14. The average Bonchev–Trinajstić information content (AvgIpc) is 2.95. The van der Waals surface area contributed by atoms with Crippen LogP contribution in [0.4, 0.5) is 4.39 Å². The van der Waals surface area contributed by atoms with Crippen molar-refractivity contribution in [2.24, 2.45) is 7.05 Å². The van der Waals surface area contributed by atoms with Crippen LogP contribution in [0.2, 0.25) is 0 Å². The Kier molecular flexibility index (Phi) is 5.00. The van der Waals surface area contributed by atoms with E-state index in [1.165, 1.54) is 23.3 Å². The first-order chi connectivity index (χ1) is 11.5. The zero-order valence-corrected chi connectivity index (χ0v) is 14.8. The fourth-order valence-electron chi connectivity index (χ4n) is 2.44. The van der Waals surface area contributed by atoms with E-state index in [1.807, 2.05) is 11.6 Å². The minimum Gasteiger partial charge on any atom is -0.305 e. The van der Waals surface area contributed by atoms with E-state index < -0.39 is 0 Å². The molecule has 0 bridgehead atoms. The highest BCUT2D eigenvalue weighted by molar-refractivity contribution is 7.98. The maximum atomic E-state index is 13.0. The lowest BCUT2D eigenvalue weighted by Crippen LogP contribution is -1.95. The summed E-state index contributed by atoms with van der Waals surface area (Å²) in [7, 11) is 1.93. The molecule has 0 N–H and O–H groups in total. The second kappa shape index (κ2) is 7.18. The van der Waals surface area contributed by atoms with Crippen LogP contribution in [0.1, 0.15) is 30.9 Å². The van der Waals surface area contributed by atoms with Crippen molar-refractivity contribution in [1.82, 2.24) is 14.8 Å². The van der Waals surface area contributed by atoms with Gasteiger partial charge in [-0.3, -0.25) is 0 Å². The number of aromatic nitrogens is 3. The summed E-state index contributed by atoms with van der Waals surface area (Å²) in [6, 6.07) is 15.0. The fraction of sp³-hybridized carbons (Fsp3) is 0.263. The van der Waals surface area contributed by atoms with Crippen LogP contribution in [-0.4, -0.2) is 14.8 Å². The molecule has 3 aromatic rings. The molecule has 0 amide bonds. The van der Waals surface area contributed by atoms with Gasteiger partial charge in [0.2, 0.25) is 0 Å². The molecule has 1 heterocycles. The molecule has 0 unspecified atom stereocenters. The molecule has 0 aliphatic heterocycles. The molecular formula is C19H20FN3S. The molecule has 0 radical (unpaired) electrons. The fourth-order valence-corrected chi connectivity index (χ4v) is 3.30. The van der Waals surface area contributed by atoms with E-state index in [2.05, 4.69) is 48.3 Å². The van der Waals surface area contributed by atoms with Crippen molar-refractivity contribution in [3.63, 3.8) is 0 Å². The van der Waals surface area contributed by atoms with Gasteiger partial charge < -0.3 is 4.57 Å². The van der Waals surface area contributed by atoms with Gasteiger partial charge in [0.25, 0.3) is 0 Å². The van der Waals surface area contributed by atoms with Crippen molar-refractivity contribution in [2.45, 2.75) is 30.7 Å². The maximum absolute atomic E-state index is 13.0. The van der Waals surface area contributed by atoms with Crippen molar-refractivity contribution >= 4 is 11.8 Å². The summed E-state index contributed by atoms with van der Waals surface area (Å²) >= 11 is 1.65. The highest BCUT2D eigenvalue weighted by Gasteiger charge is 2.11. The summed E-state index contributed by atoms with van der Waals surface area (Å²) < 4.78 is 15.0. The molecule has 0 aliphatic rings. The Morgan fingerprint density at radius 3 is 2.29 bits per heavy atom. The number of hydrogen-bond acceptors (Lipinski definition) is 3. The molecule has 0 fully saturated rings. The number of thioether (sulfide) groups is 1. The van der Waals surface area contributed by atoms with E-state index >= 15 is 0 Å². The van der Waals surface area contributed by atoms with Gasteiger partial charge >= 0.3 is 0 Å². The third-order valence-corrected chi connectivity index (χ3v) is 5.04. The van der Waals surface area contributed by atoms with Gasteiger partial charge in [-0.05, 0) is 41.3 Å². The summed E-state index contributed by atoms with van der Waals surface area (Å²) in [5.74, 6) is 1.88. The Morgan fingerprint density at radius 2 is 1.67 bits per heavy atom. The number of benzene rings is 2. The number of rotatable bonds is 5. The van der Waals surface area contributed by atoms with Crippen LogP contribution in [0.25, 0.3) is 11.4 Å². The van der Waals surface area contributed by atoms with Crippen LogP contribution in [0.5, 0.6) is 0 Å². The minimum absolute atomic E-state index is 0.250. The van der Waals surface area contributed by atoms with E-state index in [4.69, 9.17) is 0 Å². The van der Waals surface area contributed by atoms with E-state index in [-0.39, 0.29) is 5.82 Å². The lowest BCUT2D eigenvalue weighted by molar-refractivity contribution is 0.628. The molecule has 5 heteroatoms. The zero-order valence-electron chi connectivity index (χ0n) is 14.0. The molecule has 3 nitrogen and oxygen atoms in total. The molecule has 0 aliphatic carbocycles. The molecule has 1 aromatic heterocycles. The van der Waals surface area contributed by atoms with Crippen molar-refractivity contribution in [3.8, 4) is 11.4 Å². The van der Waals surface area contributed by atoms with E-state index in [0.717, 1.165) is 22.3 Å². The smallest absolute Gasteiger partial charge is 0.191 e. The molecule has 24 heavy (non-hydrogen) atoms. The number of hydrogen-bond donors (Lipinski definition) is 0. The second-order valence-corrected chi connectivity index (χ2v) is 7.00. The minimum atomic E-state index is -0.250. The predicted molar refractivity (Wildman–Crippen MR) is 96.5 cm³/mol. The molecule has 0 saturated carbocycles. The van der Waals surface area contributed by atoms with E-state index in [9.17, 15) is 4.39 Å². The van der Waals surface area contributed by atoms with Gasteiger partial charge in [-0.2, -0.15) is 0 Å². The van der Waals surface area contributed by atoms with Crippen LogP contribution in [-0.2, 0) is 12.8 Å². The van der Waals surface area contributed by atoms with Crippen LogP contribution in [0.15, 0.2) is 53.7 Å². The van der Waals surface area contributed by atoms with Gasteiger partial charge in [-0.1, -0.05) is 49.9 Å². The lowest BCUT2D eigenvalue weighted by atomic mass is 10.0. The molecule has 0 saturated heterocycles. The van der Waals surface area contributed by atoms with Gasteiger partial charge in [0.1, 0.15) is 5.82 Å². The van der Waals surface area contributed by atoms with Crippen LogP contribution < -0.4 is 0 Å².